The van der Waals surface area contributed by atoms with E-state index in [-0.39, 0.29) is 30.1 Å². The molecule has 1 aromatic carbocycles. The Morgan fingerprint density at radius 1 is 1.18 bits per heavy atom. The molecule has 0 bridgehead atoms. The van der Waals surface area contributed by atoms with Crippen molar-refractivity contribution in [2.75, 3.05) is 38.5 Å². The first-order chi connectivity index (χ1) is 13.2. The summed E-state index contributed by atoms with van der Waals surface area (Å²) in [4.78, 5) is 17.2. The number of anilines is 1. The average molecular weight is 476 g/mol. The third kappa shape index (κ3) is 5.79. The highest BCUT2D eigenvalue weighted by Gasteiger charge is 2.34. The van der Waals surface area contributed by atoms with Gasteiger partial charge in [-0.2, -0.15) is 13.2 Å². The summed E-state index contributed by atoms with van der Waals surface area (Å²) in [6, 6.07) is 7.70. The van der Waals surface area contributed by atoms with Crippen LogP contribution in [0.1, 0.15) is 16.0 Å². The molecule has 1 saturated heterocycles. The Morgan fingerprint density at radius 3 is 2.50 bits per heavy atom. The van der Waals surface area contributed by atoms with E-state index in [4.69, 9.17) is 0 Å². The summed E-state index contributed by atoms with van der Waals surface area (Å²) in [5.74, 6) is -0.339. The van der Waals surface area contributed by atoms with Crippen molar-refractivity contribution in [3.63, 3.8) is 0 Å². The van der Waals surface area contributed by atoms with Crippen LogP contribution >= 0.6 is 27.3 Å². The SMILES string of the molecule is CN1CCN(Cc2ccc(NC(=O)Cc3ccc(Br)s3)cc2C(F)(F)F)CC1. The van der Waals surface area contributed by atoms with Crippen molar-refractivity contribution in [1.82, 2.24) is 9.80 Å². The molecule has 28 heavy (non-hydrogen) atoms. The van der Waals surface area contributed by atoms with Gasteiger partial charge in [-0.15, -0.1) is 11.3 Å². The predicted octanol–water partition coefficient (Wildman–Crippen LogP) is 4.46. The number of halogens is 4. The van der Waals surface area contributed by atoms with Crippen LogP contribution in [0.4, 0.5) is 18.9 Å². The third-order valence-corrected chi connectivity index (χ3v) is 6.28. The number of carbonyl (C=O) groups is 1. The molecule has 0 saturated carbocycles. The lowest BCUT2D eigenvalue weighted by atomic mass is 10.0. The number of carbonyl (C=O) groups excluding carboxylic acids is 1. The van der Waals surface area contributed by atoms with Crippen molar-refractivity contribution >= 4 is 38.9 Å². The summed E-state index contributed by atoms with van der Waals surface area (Å²) in [6.07, 6.45) is -4.35. The van der Waals surface area contributed by atoms with Crippen molar-refractivity contribution in [2.24, 2.45) is 0 Å². The molecule has 1 aliphatic rings. The molecule has 9 heteroatoms. The molecule has 1 aromatic heterocycles. The van der Waals surface area contributed by atoms with Gasteiger partial charge in [-0.25, -0.2) is 0 Å². The van der Waals surface area contributed by atoms with E-state index in [1.807, 2.05) is 24.1 Å². The van der Waals surface area contributed by atoms with Crippen LogP contribution in [0.5, 0.6) is 0 Å². The maximum absolute atomic E-state index is 13.6. The fourth-order valence-electron chi connectivity index (χ4n) is 3.11. The van der Waals surface area contributed by atoms with Crippen molar-refractivity contribution in [2.45, 2.75) is 19.1 Å². The first-order valence-electron chi connectivity index (χ1n) is 8.86. The van der Waals surface area contributed by atoms with Crippen molar-refractivity contribution in [3.05, 3.63) is 50.1 Å². The minimum Gasteiger partial charge on any atom is -0.326 e. The van der Waals surface area contributed by atoms with Crippen LogP contribution in [0.3, 0.4) is 0 Å². The molecule has 1 amide bonds. The number of likely N-dealkylation sites (N-methyl/N-ethyl adjacent to an activating group) is 1. The number of piperazine rings is 1. The Bertz CT molecular complexity index is 832. The van der Waals surface area contributed by atoms with Crippen LogP contribution in [0, 0.1) is 0 Å². The van der Waals surface area contributed by atoms with Crippen LogP contribution in [0.2, 0.25) is 0 Å². The second-order valence-corrected chi connectivity index (χ2v) is 9.43. The van der Waals surface area contributed by atoms with Crippen molar-refractivity contribution in [1.29, 1.82) is 0 Å². The lowest BCUT2D eigenvalue weighted by Gasteiger charge is -2.33. The Labute approximate surface area is 174 Å². The van der Waals surface area contributed by atoms with Crippen LogP contribution in [-0.4, -0.2) is 48.9 Å². The van der Waals surface area contributed by atoms with E-state index < -0.39 is 11.7 Å². The van der Waals surface area contributed by atoms with E-state index >= 15 is 0 Å². The van der Waals surface area contributed by atoms with Gasteiger partial charge in [0, 0.05) is 43.3 Å². The first kappa shape index (κ1) is 21.3. The Kier molecular flexibility index (Phi) is 6.80. The van der Waals surface area contributed by atoms with Gasteiger partial charge in [0.25, 0.3) is 0 Å². The number of rotatable bonds is 5. The third-order valence-electron chi connectivity index (χ3n) is 4.65. The van der Waals surface area contributed by atoms with Crippen LogP contribution < -0.4 is 5.32 Å². The summed E-state index contributed by atoms with van der Waals surface area (Å²) in [5.41, 5.74) is -0.296. The molecule has 0 aliphatic carbocycles. The molecule has 2 heterocycles. The molecule has 1 N–H and O–H groups in total. The van der Waals surface area contributed by atoms with Crippen molar-refractivity contribution in [3.8, 4) is 0 Å². The highest BCUT2D eigenvalue weighted by molar-refractivity contribution is 9.11. The molecule has 3 rings (SSSR count). The van der Waals surface area contributed by atoms with E-state index in [9.17, 15) is 18.0 Å². The van der Waals surface area contributed by atoms with Gasteiger partial charge in [-0.3, -0.25) is 9.69 Å². The van der Waals surface area contributed by atoms with Crippen LogP contribution in [0.25, 0.3) is 0 Å². The predicted molar refractivity (Wildman–Crippen MR) is 109 cm³/mol. The fraction of sp³-hybridized carbons (Fsp3) is 0.421. The highest BCUT2D eigenvalue weighted by atomic mass is 79.9. The minimum atomic E-state index is -4.47. The number of thiophene rings is 1. The average Bonchev–Trinajstić information content (AvgIpc) is 3.02. The Hall–Kier alpha value is -1.42. The van der Waals surface area contributed by atoms with Crippen LogP contribution in [-0.2, 0) is 23.9 Å². The van der Waals surface area contributed by atoms with E-state index in [2.05, 4.69) is 26.1 Å². The second kappa shape index (κ2) is 8.94. The smallest absolute Gasteiger partial charge is 0.326 e. The highest BCUT2D eigenvalue weighted by Crippen LogP contribution is 2.34. The number of benzene rings is 1. The molecule has 2 aromatic rings. The van der Waals surface area contributed by atoms with Gasteiger partial charge in [-0.1, -0.05) is 6.07 Å². The fourth-order valence-corrected chi connectivity index (χ4v) is 4.59. The van der Waals surface area contributed by atoms with Crippen molar-refractivity contribution < 1.29 is 18.0 Å². The quantitative estimate of drug-likeness (QED) is 0.693. The number of nitrogens with zero attached hydrogens (tertiary/aromatic N) is 2. The Balaban J connectivity index is 1.71. The number of amides is 1. The number of hydrogen-bond donors (Lipinski definition) is 1. The van der Waals surface area contributed by atoms with Gasteiger partial charge < -0.3 is 10.2 Å². The molecule has 0 atom stereocenters. The molecule has 1 fully saturated rings. The van der Waals surface area contributed by atoms with Gasteiger partial charge in [-0.05, 0) is 52.8 Å². The van der Waals surface area contributed by atoms with E-state index in [1.165, 1.54) is 17.4 Å². The molecule has 0 radical (unpaired) electrons. The molecular formula is C19H21BrF3N3OS. The summed E-state index contributed by atoms with van der Waals surface area (Å²) in [6.45, 7) is 3.41. The largest absolute Gasteiger partial charge is 0.416 e. The molecule has 152 valence electrons. The van der Waals surface area contributed by atoms with Gasteiger partial charge in [0.2, 0.25) is 5.91 Å². The zero-order valence-corrected chi connectivity index (χ0v) is 17.8. The topological polar surface area (TPSA) is 35.6 Å². The molecular weight excluding hydrogens is 455 g/mol. The summed E-state index contributed by atoms with van der Waals surface area (Å²) >= 11 is 4.75. The first-order valence-corrected chi connectivity index (χ1v) is 10.5. The van der Waals surface area contributed by atoms with Crippen LogP contribution in [0.15, 0.2) is 34.1 Å². The molecule has 4 nitrogen and oxygen atoms in total. The van der Waals surface area contributed by atoms with Gasteiger partial charge in [0.15, 0.2) is 0 Å². The summed E-state index contributed by atoms with van der Waals surface area (Å²) in [7, 11) is 2.00. The normalized spacial score (nSPS) is 16.3. The van der Waals surface area contributed by atoms with E-state index in [1.54, 1.807) is 6.07 Å². The zero-order valence-electron chi connectivity index (χ0n) is 15.4. The summed E-state index contributed by atoms with van der Waals surface area (Å²) < 4.78 is 41.7. The van der Waals surface area contributed by atoms with Gasteiger partial charge in [0.05, 0.1) is 15.8 Å². The molecule has 0 spiro atoms. The van der Waals surface area contributed by atoms with Gasteiger partial charge >= 0.3 is 6.18 Å². The summed E-state index contributed by atoms with van der Waals surface area (Å²) in [5, 5.41) is 2.58. The maximum Gasteiger partial charge on any atom is 0.416 e. The molecule has 1 aliphatic heterocycles. The monoisotopic (exact) mass is 475 g/mol. The number of nitrogens with one attached hydrogen (secondary N) is 1. The Morgan fingerprint density at radius 2 is 1.89 bits per heavy atom. The number of hydrogen-bond acceptors (Lipinski definition) is 4. The number of alkyl halides is 3. The second-order valence-electron chi connectivity index (χ2n) is 6.88. The lowest BCUT2D eigenvalue weighted by Crippen LogP contribution is -2.44. The molecule has 0 unspecified atom stereocenters. The lowest BCUT2D eigenvalue weighted by molar-refractivity contribution is -0.138. The van der Waals surface area contributed by atoms with Gasteiger partial charge in [0.1, 0.15) is 0 Å². The standard InChI is InChI=1S/C19H21BrF3N3OS/c1-25-6-8-26(9-7-25)12-13-2-3-14(10-16(13)19(21,22)23)24-18(27)11-15-4-5-17(20)28-15/h2-5,10H,6-9,11-12H2,1H3,(H,24,27). The maximum atomic E-state index is 13.6. The van der Waals surface area contributed by atoms with E-state index in [0.717, 1.165) is 40.9 Å². The zero-order chi connectivity index (χ0) is 20.3. The van der Waals surface area contributed by atoms with E-state index in [0.29, 0.717) is 0 Å². The minimum absolute atomic E-state index is 0.126.